The van der Waals surface area contributed by atoms with Crippen LogP contribution in [0.5, 0.6) is 0 Å². The SMILES string of the molecule is CC(C)c1ccc(C(=O)N2CCN(c3ccccc3Cl)C(=O)C2)c(=O)[nH]1. The molecule has 0 bridgehead atoms. The highest BCUT2D eigenvalue weighted by molar-refractivity contribution is 6.33. The Labute approximate surface area is 156 Å². The predicted molar refractivity (Wildman–Crippen MR) is 101 cm³/mol. The van der Waals surface area contributed by atoms with E-state index in [0.717, 1.165) is 5.69 Å². The van der Waals surface area contributed by atoms with Gasteiger partial charge in [-0.15, -0.1) is 0 Å². The molecule has 136 valence electrons. The van der Waals surface area contributed by atoms with Crippen LogP contribution in [0.3, 0.4) is 0 Å². The van der Waals surface area contributed by atoms with Crippen LogP contribution < -0.4 is 10.5 Å². The van der Waals surface area contributed by atoms with Crippen LogP contribution in [0.25, 0.3) is 0 Å². The molecule has 1 aromatic carbocycles. The van der Waals surface area contributed by atoms with Crippen molar-refractivity contribution in [2.75, 3.05) is 24.5 Å². The summed E-state index contributed by atoms with van der Waals surface area (Å²) < 4.78 is 0. The van der Waals surface area contributed by atoms with Crippen molar-refractivity contribution >= 4 is 29.1 Å². The standard InChI is InChI=1S/C19H20ClN3O3/c1-12(2)15-8-7-13(18(25)21-15)19(26)22-9-10-23(17(24)11-22)16-6-4-3-5-14(16)20/h3-8,12H,9-11H2,1-2H3,(H,21,25). The summed E-state index contributed by atoms with van der Waals surface area (Å²) in [5.74, 6) is -0.505. The number of amides is 2. The van der Waals surface area contributed by atoms with E-state index < -0.39 is 11.5 Å². The topological polar surface area (TPSA) is 73.5 Å². The minimum Gasteiger partial charge on any atom is -0.327 e. The lowest BCUT2D eigenvalue weighted by molar-refractivity contribution is -0.120. The zero-order chi connectivity index (χ0) is 18.8. The fourth-order valence-corrected chi connectivity index (χ4v) is 3.17. The van der Waals surface area contributed by atoms with Crippen molar-refractivity contribution in [2.45, 2.75) is 19.8 Å². The van der Waals surface area contributed by atoms with Gasteiger partial charge in [0.2, 0.25) is 5.91 Å². The van der Waals surface area contributed by atoms with E-state index in [2.05, 4.69) is 4.98 Å². The van der Waals surface area contributed by atoms with E-state index in [0.29, 0.717) is 23.8 Å². The lowest BCUT2D eigenvalue weighted by Gasteiger charge is -2.34. The first-order chi connectivity index (χ1) is 12.4. The molecule has 26 heavy (non-hydrogen) atoms. The zero-order valence-electron chi connectivity index (χ0n) is 14.7. The Morgan fingerprint density at radius 2 is 1.85 bits per heavy atom. The number of carbonyl (C=O) groups is 2. The molecule has 2 aromatic rings. The third-order valence-corrected chi connectivity index (χ3v) is 4.76. The van der Waals surface area contributed by atoms with Crippen molar-refractivity contribution in [2.24, 2.45) is 0 Å². The number of hydrogen-bond donors (Lipinski definition) is 1. The van der Waals surface area contributed by atoms with E-state index >= 15 is 0 Å². The normalized spacial score (nSPS) is 14.8. The summed E-state index contributed by atoms with van der Waals surface area (Å²) in [6.45, 7) is 4.49. The second-order valence-electron chi connectivity index (χ2n) is 6.53. The smallest absolute Gasteiger partial charge is 0.261 e. The second-order valence-corrected chi connectivity index (χ2v) is 6.94. The number of nitrogens with one attached hydrogen (secondary N) is 1. The van der Waals surface area contributed by atoms with Gasteiger partial charge in [-0.05, 0) is 30.2 Å². The number of aromatic amines is 1. The fourth-order valence-electron chi connectivity index (χ4n) is 2.94. The van der Waals surface area contributed by atoms with Crippen LogP contribution in [0, 0.1) is 0 Å². The molecule has 1 aliphatic rings. The number of piperazine rings is 1. The molecule has 2 amide bonds. The van der Waals surface area contributed by atoms with Gasteiger partial charge >= 0.3 is 0 Å². The van der Waals surface area contributed by atoms with Crippen molar-refractivity contribution in [3.05, 3.63) is 63.0 Å². The Kier molecular flexibility index (Phi) is 5.13. The Hall–Kier alpha value is -2.60. The van der Waals surface area contributed by atoms with Gasteiger partial charge in [-0.2, -0.15) is 0 Å². The number of para-hydroxylation sites is 1. The summed E-state index contributed by atoms with van der Waals surface area (Å²) in [7, 11) is 0. The summed E-state index contributed by atoms with van der Waals surface area (Å²) in [6.07, 6.45) is 0. The quantitative estimate of drug-likeness (QED) is 0.898. The molecule has 3 rings (SSSR count). The van der Waals surface area contributed by atoms with E-state index in [9.17, 15) is 14.4 Å². The van der Waals surface area contributed by atoms with E-state index in [4.69, 9.17) is 11.6 Å². The predicted octanol–water partition coefficient (Wildman–Crippen LogP) is 2.64. The Bertz CT molecular complexity index is 907. The molecule has 1 saturated heterocycles. The molecule has 1 N–H and O–H groups in total. The number of nitrogens with zero attached hydrogens (tertiary/aromatic N) is 2. The van der Waals surface area contributed by atoms with Crippen molar-refractivity contribution < 1.29 is 9.59 Å². The lowest BCUT2D eigenvalue weighted by atomic mass is 10.1. The van der Waals surface area contributed by atoms with Crippen LogP contribution in [0.2, 0.25) is 5.02 Å². The number of pyridine rings is 1. The van der Waals surface area contributed by atoms with Gasteiger partial charge in [-0.25, -0.2) is 0 Å². The first kappa shape index (κ1) is 18.2. The molecule has 1 fully saturated rings. The molecule has 6 nitrogen and oxygen atoms in total. The minimum absolute atomic E-state index is 0.0494. The maximum atomic E-state index is 12.7. The molecule has 0 spiro atoms. The molecule has 0 atom stereocenters. The van der Waals surface area contributed by atoms with Gasteiger partial charge in [0.15, 0.2) is 0 Å². The highest BCUT2D eigenvalue weighted by Crippen LogP contribution is 2.26. The van der Waals surface area contributed by atoms with Gasteiger partial charge < -0.3 is 14.8 Å². The Morgan fingerprint density at radius 3 is 2.46 bits per heavy atom. The van der Waals surface area contributed by atoms with Crippen LogP contribution >= 0.6 is 11.6 Å². The second kappa shape index (κ2) is 7.33. The fraction of sp³-hybridized carbons (Fsp3) is 0.316. The first-order valence-corrected chi connectivity index (χ1v) is 8.83. The van der Waals surface area contributed by atoms with E-state index in [-0.39, 0.29) is 23.9 Å². The van der Waals surface area contributed by atoms with Crippen LogP contribution in [-0.4, -0.2) is 41.3 Å². The molecule has 0 radical (unpaired) electrons. The van der Waals surface area contributed by atoms with E-state index in [1.165, 1.54) is 11.0 Å². The molecule has 0 saturated carbocycles. The molecule has 2 heterocycles. The third kappa shape index (κ3) is 3.51. The number of carbonyl (C=O) groups excluding carboxylic acids is 2. The number of rotatable bonds is 3. The van der Waals surface area contributed by atoms with E-state index in [1.54, 1.807) is 29.2 Å². The van der Waals surface area contributed by atoms with Gasteiger partial charge in [0.25, 0.3) is 11.5 Å². The summed E-state index contributed by atoms with van der Waals surface area (Å²) >= 11 is 6.16. The largest absolute Gasteiger partial charge is 0.327 e. The molecule has 1 aliphatic heterocycles. The zero-order valence-corrected chi connectivity index (χ0v) is 15.4. The number of anilines is 1. The Morgan fingerprint density at radius 1 is 1.12 bits per heavy atom. The summed E-state index contributed by atoms with van der Waals surface area (Å²) in [4.78, 5) is 43.1. The summed E-state index contributed by atoms with van der Waals surface area (Å²) in [5, 5.41) is 0.487. The molecule has 1 aromatic heterocycles. The van der Waals surface area contributed by atoms with Crippen molar-refractivity contribution in [3.8, 4) is 0 Å². The Balaban J connectivity index is 1.77. The highest BCUT2D eigenvalue weighted by atomic mass is 35.5. The minimum atomic E-state index is -0.436. The first-order valence-electron chi connectivity index (χ1n) is 8.46. The van der Waals surface area contributed by atoms with Gasteiger partial charge in [-0.1, -0.05) is 37.6 Å². The van der Waals surface area contributed by atoms with Gasteiger partial charge in [0.05, 0.1) is 10.7 Å². The number of benzene rings is 1. The van der Waals surface area contributed by atoms with Gasteiger partial charge in [0, 0.05) is 18.8 Å². The van der Waals surface area contributed by atoms with Crippen molar-refractivity contribution in [1.82, 2.24) is 9.88 Å². The molecular formula is C19H20ClN3O3. The average Bonchev–Trinajstić information content (AvgIpc) is 2.61. The molecular weight excluding hydrogens is 354 g/mol. The van der Waals surface area contributed by atoms with Gasteiger partial charge in [0.1, 0.15) is 12.1 Å². The van der Waals surface area contributed by atoms with Crippen LogP contribution in [0.1, 0.15) is 35.8 Å². The van der Waals surface area contributed by atoms with E-state index in [1.807, 2.05) is 19.9 Å². The molecule has 7 heteroatoms. The molecule has 0 aliphatic carbocycles. The highest BCUT2D eigenvalue weighted by Gasteiger charge is 2.30. The van der Waals surface area contributed by atoms with Gasteiger partial charge in [-0.3, -0.25) is 14.4 Å². The van der Waals surface area contributed by atoms with Crippen molar-refractivity contribution in [3.63, 3.8) is 0 Å². The molecule has 0 unspecified atom stereocenters. The number of aromatic nitrogens is 1. The summed E-state index contributed by atoms with van der Waals surface area (Å²) in [6, 6.07) is 10.4. The van der Waals surface area contributed by atoms with Crippen molar-refractivity contribution in [1.29, 1.82) is 0 Å². The number of halogens is 1. The lowest BCUT2D eigenvalue weighted by Crippen LogP contribution is -2.53. The summed E-state index contributed by atoms with van der Waals surface area (Å²) in [5.41, 5.74) is 1.02. The van der Waals surface area contributed by atoms with Crippen LogP contribution in [0.15, 0.2) is 41.2 Å². The van der Waals surface area contributed by atoms with Crippen LogP contribution in [-0.2, 0) is 4.79 Å². The number of hydrogen-bond acceptors (Lipinski definition) is 3. The monoisotopic (exact) mass is 373 g/mol. The van der Waals surface area contributed by atoms with Crippen LogP contribution in [0.4, 0.5) is 5.69 Å². The maximum absolute atomic E-state index is 12.7. The average molecular weight is 374 g/mol. The maximum Gasteiger partial charge on any atom is 0.261 e. The third-order valence-electron chi connectivity index (χ3n) is 4.44. The number of H-pyrrole nitrogens is 1.